The first-order chi connectivity index (χ1) is 7.86. The van der Waals surface area contributed by atoms with Gasteiger partial charge >= 0.3 is 29.6 Å². The van der Waals surface area contributed by atoms with Crippen LogP contribution in [0.1, 0.15) is 11.1 Å². The van der Waals surface area contributed by atoms with Crippen molar-refractivity contribution in [1.29, 1.82) is 0 Å². The number of hydrogen-bond acceptors (Lipinski definition) is 3. The quantitative estimate of drug-likeness (QED) is 0.607. The molecule has 2 heterocycles. The number of hydrogen-bond donors (Lipinski definition) is 0. The molecule has 0 saturated carbocycles. The van der Waals surface area contributed by atoms with Crippen molar-refractivity contribution in [3.63, 3.8) is 0 Å². The largest absolute Gasteiger partial charge is 1.00 e. The fraction of sp³-hybridized carbons (Fsp3) is 0.167. The minimum Gasteiger partial charge on any atom is -0.870 e. The molecule has 0 aliphatic rings. The molecule has 0 aliphatic carbocycles. The summed E-state index contributed by atoms with van der Waals surface area (Å²) in [5.74, 6) is 1.14. The Morgan fingerprint density at radius 3 is 1.16 bits per heavy atom. The Bertz CT molecular complexity index is 353. The number of aromatic nitrogens is 2. The van der Waals surface area contributed by atoms with E-state index in [1.165, 1.54) is 0 Å². The summed E-state index contributed by atoms with van der Waals surface area (Å²) in [4.78, 5) is 7.67. The maximum absolute atomic E-state index is 5.50. The number of pyridine rings is 2. The van der Waals surface area contributed by atoms with Gasteiger partial charge in [-0.05, 0) is 35.4 Å². The summed E-state index contributed by atoms with van der Waals surface area (Å²) in [6.07, 6.45) is 6.94. The predicted molar refractivity (Wildman–Crippen MR) is 76.8 cm³/mol. The predicted octanol–water partition coefficient (Wildman–Crippen LogP) is 0.890. The van der Waals surface area contributed by atoms with Crippen LogP contribution >= 0.6 is 35.6 Å². The molecule has 0 radical (unpaired) electrons. The summed E-state index contributed by atoms with van der Waals surface area (Å²) in [5.41, 5.74) is 2.23. The van der Waals surface area contributed by atoms with Crippen molar-refractivity contribution >= 4 is 35.6 Å². The van der Waals surface area contributed by atoms with E-state index in [0.29, 0.717) is 11.8 Å². The van der Waals surface area contributed by atoms with Crippen molar-refractivity contribution in [3.05, 3.63) is 60.2 Å². The van der Waals surface area contributed by atoms with E-state index < -0.39 is 0 Å². The Morgan fingerprint density at radius 2 is 1.00 bits per heavy atom. The van der Waals surface area contributed by atoms with Gasteiger partial charge in [0.05, 0.1) is 0 Å². The maximum atomic E-state index is 5.50. The molecule has 1 N–H and O–H groups in total. The minimum absolute atomic E-state index is 0. The molecule has 7 heteroatoms. The molecule has 2 aromatic rings. The van der Waals surface area contributed by atoms with Gasteiger partial charge in [-0.3, -0.25) is 9.97 Å². The van der Waals surface area contributed by atoms with E-state index in [0.717, 1.165) is 11.1 Å². The summed E-state index contributed by atoms with van der Waals surface area (Å²) in [7, 11) is 0. The minimum atomic E-state index is 0. The van der Waals surface area contributed by atoms with E-state index in [2.05, 4.69) is 9.97 Å². The molecule has 2 aromatic heterocycles. The van der Waals surface area contributed by atoms with Gasteiger partial charge in [0.25, 0.3) is 0 Å². The van der Waals surface area contributed by atoms with E-state index in [-0.39, 0.29) is 47.4 Å². The molecule has 0 amide bonds. The van der Waals surface area contributed by atoms with E-state index in [4.69, 9.17) is 23.2 Å². The van der Waals surface area contributed by atoms with Gasteiger partial charge in [-0.25, -0.2) is 0 Å². The van der Waals surface area contributed by atoms with Crippen molar-refractivity contribution in [2.75, 3.05) is 0 Å². The Hall–Kier alpha value is 0.130. The molecule has 0 unspecified atom stereocenters. The van der Waals surface area contributed by atoms with Gasteiger partial charge in [0.15, 0.2) is 0 Å². The van der Waals surface area contributed by atoms with Gasteiger partial charge in [-0.1, -0.05) is 0 Å². The molecular formula is C12H14Cl3N2NaO. The van der Waals surface area contributed by atoms with Crippen LogP contribution < -0.4 is 29.6 Å². The van der Waals surface area contributed by atoms with E-state index in [9.17, 15) is 0 Å². The zero-order chi connectivity index (χ0) is 11.6. The van der Waals surface area contributed by atoms with Crippen LogP contribution in [-0.2, 0) is 11.8 Å². The average Bonchev–Trinajstić information content (AvgIpc) is 2.41. The van der Waals surface area contributed by atoms with Gasteiger partial charge < -0.3 is 5.48 Å². The van der Waals surface area contributed by atoms with Crippen LogP contribution in [0.3, 0.4) is 0 Å². The number of rotatable bonds is 2. The van der Waals surface area contributed by atoms with Crippen LogP contribution in [0.25, 0.3) is 0 Å². The van der Waals surface area contributed by atoms with Gasteiger partial charge in [0, 0.05) is 36.5 Å². The van der Waals surface area contributed by atoms with Crippen molar-refractivity contribution in [2.24, 2.45) is 0 Å². The van der Waals surface area contributed by atoms with Crippen molar-refractivity contribution < 1.29 is 35.0 Å². The SMILES string of the molecule is Cl.ClCc1ccncc1.ClCc1ccncc1.[Na+].[OH-]. The second kappa shape index (κ2) is 16.2. The normalized spacial score (nSPS) is 7.68. The molecule has 0 bridgehead atoms. The summed E-state index contributed by atoms with van der Waals surface area (Å²) < 4.78 is 0. The third-order valence-corrected chi connectivity index (χ3v) is 2.42. The van der Waals surface area contributed by atoms with Gasteiger partial charge in [-0.2, -0.15) is 0 Å². The van der Waals surface area contributed by atoms with Gasteiger partial charge in [-0.15, -0.1) is 35.6 Å². The smallest absolute Gasteiger partial charge is 0.870 e. The maximum Gasteiger partial charge on any atom is 1.00 e. The standard InChI is InChI=1S/2C6H6ClN.ClH.Na.H2O/c2*7-5-6-1-3-8-4-2-6;;;/h2*1-4H,5H2;1H;;1H2/q;;;+1;/p-1. The Labute approximate surface area is 151 Å². The third kappa shape index (κ3) is 11.6. The zero-order valence-electron chi connectivity index (χ0n) is 10.5. The van der Waals surface area contributed by atoms with Crippen molar-refractivity contribution in [1.82, 2.24) is 9.97 Å². The second-order valence-electron chi connectivity index (χ2n) is 2.98. The van der Waals surface area contributed by atoms with E-state index >= 15 is 0 Å². The van der Waals surface area contributed by atoms with E-state index in [1.807, 2.05) is 24.3 Å². The average molecular weight is 332 g/mol. The molecule has 0 saturated heterocycles. The Kier molecular flexibility index (Phi) is 20.6. The molecular weight excluding hydrogens is 317 g/mol. The fourth-order valence-corrected chi connectivity index (χ4v) is 1.30. The molecule has 3 nitrogen and oxygen atoms in total. The van der Waals surface area contributed by atoms with Crippen molar-refractivity contribution in [2.45, 2.75) is 11.8 Å². The topological polar surface area (TPSA) is 55.8 Å². The van der Waals surface area contributed by atoms with Crippen LogP contribution in [0.15, 0.2) is 49.1 Å². The molecule has 100 valence electrons. The summed E-state index contributed by atoms with van der Waals surface area (Å²) in [5, 5.41) is 0. The first-order valence-electron chi connectivity index (χ1n) is 4.76. The molecule has 0 aromatic carbocycles. The van der Waals surface area contributed by atoms with Gasteiger partial charge in [0.1, 0.15) is 0 Å². The second-order valence-corrected chi connectivity index (χ2v) is 3.51. The molecule has 0 atom stereocenters. The summed E-state index contributed by atoms with van der Waals surface area (Å²) >= 11 is 11.0. The fourth-order valence-electron chi connectivity index (χ4n) is 0.944. The van der Waals surface area contributed by atoms with Crippen LogP contribution in [0.2, 0.25) is 0 Å². The van der Waals surface area contributed by atoms with Crippen LogP contribution in [0.4, 0.5) is 0 Å². The zero-order valence-corrected chi connectivity index (χ0v) is 14.9. The van der Waals surface area contributed by atoms with Crippen LogP contribution in [0, 0.1) is 0 Å². The monoisotopic (exact) mass is 330 g/mol. The number of nitrogens with zero attached hydrogens (tertiary/aromatic N) is 2. The molecule has 19 heavy (non-hydrogen) atoms. The summed E-state index contributed by atoms with van der Waals surface area (Å²) in [6, 6.07) is 7.58. The first kappa shape index (κ1) is 24.2. The summed E-state index contributed by atoms with van der Waals surface area (Å²) in [6.45, 7) is 0. The Balaban J connectivity index is -0.000000233. The molecule has 0 spiro atoms. The van der Waals surface area contributed by atoms with Crippen LogP contribution in [0.5, 0.6) is 0 Å². The molecule has 0 aliphatic heterocycles. The van der Waals surface area contributed by atoms with Gasteiger partial charge in [0.2, 0.25) is 0 Å². The first-order valence-corrected chi connectivity index (χ1v) is 5.83. The Morgan fingerprint density at radius 1 is 0.737 bits per heavy atom. The number of halogens is 3. The van der Waals surface area contributed by atoms with Crippen molar-refractivity contribution in [3.8, 4) is 0 Å². The van der Waals surface area contributed by atoms with Crippen LogP contribution in [-0.4, -0.2) is 15.4 Å². The third-order valence-electron chi connectivity index (χ3n) is 1.81. The molecule has 2 rings (SSSR count). The molecule has 0 fully saturated rings. The van der Waals surface area contributed by atoms with E-state index in [1.54, 1.807) is 24.8 Å². The number of alkyl halides is 2.